The monoisotopic (exact) mass is 614 g/mol. The highest BCUT2D eigenvalue weighted by Crippen LogP contribution is 2.43. The molecule has 0 radical (unpaired) electrons. The topological polar surface area (TPSA) is 109 Å². The molecule has 14 heteroatoms. The largest absolute Gasteiger partial charge is 0.341 e. The Morgan fingerprint density at radius 2 is 1.93 bits per heavy atom. The molecule has 1 N–H and O–H groups in total. The molecule has 2 amide bonds. The van der Waals surface area contributed by atoms with Crippen LogP contribution >= 0.6 is 0 Å². The summed E-state index contributed by atoms with van der Waals surface area (Å²) >= 11 is 0. The second-order valence-electron chi connectivity index (χ2n) is 11.3. The molecule has 0 spiro atoms. The molecule has 3 aromatic rings. The van der Waals surface area contributed by atoms with Gasteiger partial charge in [-0.2, -0.15) is 14.5 Å². The number of urea groups is 1. The molecule has 0 unspecified atom stereocenters. The lowest BCUT2D eigenvalue weighted by Crippen LogP contribution is -2.42. The smallest absolute Gasteiger partial charge is 0.317 e. The zero-order valence-electron chi connectivity index (χ0n) is 24.3. The Labute approximate surface area is 249 Å². The van der Waals surface area contributed by atoms with Gasteiger partial charge >= 0.3 is 6.03 Å². The predicted molar refractivity (Wildman–Crippen MR) is 159 cm³/mol. The number of nitrogens with one attached hydrogen (secondary N) is 1. The van der Waals surface area contributed by atoms with Crippen molar-refractivity contribution in [1.29, 1.82) is 0 Å². The number of amides is 2. The molecule has 1 fully saturated rings. The second-order valence-corrected chi connectivity index (χ2v) is 13.2. The average Bonchev–Trinajstić information content (AvgIpc) is 3.63. The van der Waals surface area contributed by atoms with E-state index in [0.717, 1.165) is 35.1 Å². The number of aromatic nitrogens is 4. The number of hydrogen-bond acceptors (Lipinski definition) is 6. The third kappa shape index (κ3) is 5.30. The molecule has 5 heterocycles. The Bertz CT molecular complexity index is 1660. The van der Waals surface area contributed by atoms with Crippen LogP contribution in [0.1, 0.15) is 54.1 Å². The van der Waals surface area contributed by atoms with Gasteiger partial charge in [-0.3, -0.25) is 9.36 Å². The second kappa shape index (κ2) is 11.4. The van der Waals surface area contributed by atoms with E-state index in [1.54, 1.807) is 42.1 Å². The molecule has 3 aliphatic heterocycles. The number of fused-ring (bicyclic) bond motifs is 2. The molecule has 1 aromatic carbocycles. The summed E-state index contributed by atoms with van der Waals surface area (Å²) in [6, 6.07) is 3.23. The Morgan fingerprint density at radius 1 is 1.16 bits per heavy atom. The van der Waals surface area contributed by atoms with Gasteiger partial charge in [-0.05, 0) is 48.9 Å². The molecule has 1 saturated heterocycles. The van der Waals surface area contributed by atoms with Gasteiger partial charge in [0.2, 0.25) is 10.0 Å². The molecule has 6 rings (SSSR count). The van der Waals surface area contributed by atoms with E-state index in [0.29, 0.717) is 74.6 Å². The SMILES string of the molecule is C=CS(=O)(=O)N1CCC(n2nc(N3CCCc4cc(-c5cnn(C)c5)c(C(F)F)cc43)c3c2CCN(C(=O)NC)C3)CC1. The first-order valence-electron chi connectivity index (χ1n) is 14.5. The highest BCUT2D eigenvalue weighted by molar-refractivity contribution is 7.92. The van der Waals surface area contributed by atoms with Crippen LogP contribution in [0, 0.1) is 0 Å². The van der Waals surface area contributed by atoms with Crippen LogP contribution in [0.25, 0.3) is 11.1 Å². The lowest BCUT2D eigenvalue weighted by Gasteiger charge is -2.33. The van der Waals surface area contributed by atoms with Crippen LogP contribution in [-0.4, -0.2) is 76.4 Å². The maximum absolute atomic E-state index is 14.5. The van der Waals surface area contributed by atoms with E-state index in [2.05, 4.69) is 17.0 Å². The number of carbonyl (C=O) groups excluding carboxylic acids is 1. The van der Waals surface area contributed by atoms with Crippen LogP contribution in [0.3, 0.4) is 0 Å². The number of nitrogens with zero attached hydrogens (tertiary/aromatic N) is 7. The van der Waals surface area contributed by atoms with Gasteiger partial charge in [-0.25, -0.2) is 22.0 Å². The van der Waals surface area contributed by atoms with Gasteiger partial charge in [0.15, 0.2) is 5.82 Å². The minimum atomic E-state index is -3.50. The van der Waals surface area contributed by atoms with Crippen molar-refractivity contribution in [2.24, 2.45) is 7.05 Å². The normalized spacial score (nSPS) is 18.1. The van der Waals surface area contributed by atoms with Gasteiger partial charge in [0.25, 0.3) is 6.43 Å². The van der Waals surface area contributed by atoms with E-state index in [1.165, 1.54) is 4.31 Å². The first kappa shape index (κ1) is 29.3. The summed E-state index contributed by atoms with van der Waals surface area (Å²) in [7, 11) is -0.145. The van der Waals surface area contributed by atoms with Crippen LogP contribution < -0.4 is 10.2 Å². The fourth-order valence-electron chi connectivity index (χ4n) is 6.58. The van der Waals surface area contributed by atoms with Crippen molar-refractivity contribution in [3.8, 4) is 11.1 Å². The van der Waals surface area contributed by atoms with Gasteiger partial charge in [0, 0.05) is 86.4 Å². The molecule has 0 saturated carbocycles. The molecule has 43 heavy (non-hydrogen) atoms. The summed E-state index contributed by atoms with van der Waals surface area (Å²) in [5.41, 5.74) is 4.63. The van der Waals surface area contributed by atoms with E-state index in [1.807, 2.05) is 15.6 Å². The van der Waals surface area contributed by atoms with E-state index >= 15 is 0 Å². The molecule has 230 valence electrons. The first-order chi connectivity index (χ1) is 20.6. The zero-order chi connectivity index (χ0) is 30.5. The Morgan fingerprint density at radius 3 is 2.58 bits per heavy atom. The summed E-state index contributed by atoms with van der Waals surface area (Å²) < 4.78 is 58.7. The van der Waals surface area contributed by atoms with E-state index in [-0.39, 0.29) is 17.6 Å². The number of piperidine rings is 1. The lowest BCUT2D eigenvalue weighted by atomic mass is 9.92. The van der Waals surface area contributed by atoms with E-state index < -0.39 is 16.4 Å². The molecular weight excluding hydrogens is 578 g/mol. The van der Waals surface area contributed by atoms with Crippen molar-refractivity contribution in [3.63, 3.8) is 0 Å². The van der Waals surface area contributed by atoms with Crippen LogP contribution in [0.15, 0.2) is 36.5 Å². The van der Waals surface area contributed by atoms with Gasteiger partial charge in [-0.1, -0.05) is 6.58 Å². The van der Waals surface area contributed by atoms with Crippen molar-refractivity contribution < 1.29 is 22.0 Å². The average molecular weight is 615 g/mol. The van der Waals surface area contributed by atoms with Gasteiger partial charge in [0.05, 0.1) is 18.8 Å². The van der Waals surface area contributed by atoms with Gasteiger partial charge in [0.1, 0.15) is 0 Å². The van der Waals surface area contributed by atoms with Crippen molar-refractivity contribution in [1.82, 2.24) is 34.1 Å². The van der Waals surface area contributed by atoms with E-state index in [9.17, 15) is 22.0 Å². The molecule has 0 bridgehead atoms. The van der Waals surface area contributed by atoms with Gasteiger partial charge < -0.3 is 15.1 Å². The van der Waals surface area contributed by atoms with Crippen molar-refractivity contribution in [3.05, 3.63) is 58.9 Å². The van der Waals surface area contributed by atoms with Crippen molar-refractivity contribution >= 4 is 27.6 Å². The van der Waals surface area contributed by atoms with Crippen LogP contribution in [0.4, 0.5) is 25.1 Å². The maximum atomic E-state index is 14.5. The predicted octanol–water partition coefficient (Wildman–Crippen LogP) is 4.11. The molecule has 3 aliphatic rings. The highest BCUT2D eigenvalue weighted by Gasteiger charge is 2.36. The summed E-state index contributed by atoms with van der Waals surface area (Å²) in [6.45, 7) is 5.61. The third-order valence-corrected chi connectivity index (χ3v) is 10.3. The molecule has 0 atom stereocenters. The van der Waals surface area contributed by atoms with Crippen LogP contribution in [0.5, 0.6) is 0 Å². The summed E-state index contributed by atoms with van der Waals surface area (Å²) in [6.07, 6.45) is 3.97. The minimum Gasteiger partial charge on any atom is -0.341 e. The van der Waals surface area contributed by atoms with Gasteiger partial charge in [-0.15, -0.1) is 0 Å². The van der Waals surface area contributed by atoms with E-state index in [4.69, 9.17) is 5.10 Å². The number of hydrogen-bond donors (Lipinski definition) is 1. The highest BCUT2D eigenvalue weighted by atomic mass is 32.2. The summed E-state index contributed by atoms with van der Waals surface area (Å²) in [4.78, 5) is 16.4. The molecule has 2 aromatic heterocycles. The van der Waals surface area contributed by atoms with Crippen molar-refractivity contribution in [2.45, 2.75) is 51.1 Å². The quantitative estimate of drug-likeness (QED) is 0.448. The number of halogens is 2. The zero-order valence-corrected chi connectivity index (χ0v) is 25.2. The summed E-state index contributed by atoms with van der Waals surface area (Å²) in [5, 5.41) is 13.0. The summed E-state index contributed by atoms with van der Waals surface area (Å²) in [5.74, 6) is 0.667. The fraction of sp³-hybridized carbons (Fsp3) is 0.483. The lowest BCUT2D eigenvalue weighted by molar-refractivity contribution is 0.152. The van der Waals surface area contributed by atoms with Crippen LogP contribution in [0.2, 0.25) is 0 Å². The maximum Gasteiger partial charge on any atom is 0.317 e. The molecule has 0 aliphatic carbocycles. The Balaban J connectivity index is 1.42. The molecule has 11 nitrogen and oxygen atoms in total. The number of aryl methyl sites for hydroxylation is 2. The standard InChI is InChI=1S/C29H36F2N8O3S/c1-4-43(41,42)37-12-7-21(8-13-37)39-25-9-11-36(29(40)32-2)18-24(25)28(34-39)38-10-5-6-19-14-22(20-16-33-35(3)17-20)23(27(30)31)15-26(19)38/h4,14-17,21,27H,1,5-13,18H2,2-3H3,(H,32,40). The van der Waals surface area contributed by atoms with Crippen LogP contribution in [-0.2, 0) is 36.5 Å². The number of sulfonamides is 1. The number of carbonyl (C=O) groups is 1. The third-order valence-electron chi connectivity index (χ3n) is 8.78. The molecular formula is C29H36F2N8O3S. The number of alkyl halides is 2. The minimum absolute atomic E-state index is 0.0286. The number of benzene rings is 1. The Kier molecular flexibility index (Phi) is 7.75. The number of rotatable bonds is 6. The number of anilines is 2. The first-order valence-corrected chi connectivity index (χ1v) is 16.0. The van der Waals surface area contributed by atoms with Crippen molar-refractivity contribution in [2.75, 3.05) is 38.1 Å². The Hall–Kier alpha value is -3.78. The fourth-order valence-corrected chi connectivity index (χ4v) is 7.52.